The van der Waals surface area contributed by atoms with Crippen LogP contribution in [-0.2, 0) is 25.6 Å². The smallest absolute Gasteiger partial charge is 0.326 e. The summed E-state index contributed by atoms with van der Waals surface area (Å²) in [6, 6.07) is 5.59. The lowest BCUT2D eigenvalue weighted by Gasteiger charge is -2.25. The molecule has 0 fully saturated rings. The number of aliphatic carboxylic acids is 1. The molecule has 1 aromatic carbocycles. The molecule has 0 bridgehead atoms. The molecule has 0 aliphatic rings. The van der Waals surface area contributed by atoms with Crippen molar-refractivity contribution in [2.75, 3.05) is 0 Å². The van der Waals surface area contributed by atoms with Gasteiger partial charge in [0.05, 0.1) is 6.04 Å². The number of nitrogens with two attached hydrogens (primary N) is 1. The van der Waals surface area contributed by atoms with Crippen molar-refractivity contribution in [3.8, 4) is 0 Å². The number of carbonyl (C=O) groups excluding carboxylic acids is 3. The van der Waals surface area contributed by atoms with Crippen molar-refractivity contribution in [2.45, 2.75) is 78.0 Å². The summed E-state index contributed by atoms with van der Waals surface area (Å²) in [5, 5.41) is 17.1. The van der Waals surface area contributed by atoms with E-state index in [0.29, 0.717) is 19.3 Å². The molecule has 0 aromatic heterocycles. The lowest BCUT2D eigenvalue weighted by molar-refractivity contribution is -0.143. The third kappa shape index (κ3) is 9.61. The second kappa shape index (κ2) is 13.6. The molecule has 1 rings (SSSR count). The molecule has 184 valence electrons. The zero-order chi connectivity index (χ0) is 25.1. The number of amides is 3. The molecule has 0 heterocycles. The Morgan fingerprint density at radius 3 is 2.03 bits per heavy atom. The standard InChI is InChI=1S/C24H38N4O5/c1-6-15(4)20(24(32)33)28-21(29)16(5)26-23(31)19(12-14(2)3)27-22(30)18(25)13-17-10-8-7-9-11-17/h7-11,14-16,18-20H,6,12-13,25H2,1-5H3,(H,26,31)(H,27,30)(H,28,29)(H,32,33). The van der Waals surface area contributed by atoms with Crippen molar-refractivity contribution in [2.24, 2.45) is 17.6 Å². The molecule has 5 atom stereocenters. The first-order valence-electron chi connectivity index (χ1n) is 11.4. The summed E-state index contributed by atoms with van der Waals surface area (Å²) >= 11 is 0. The van der Waals surface area contributed by atoms with Crippen LogP contribution in [0.3, 0.4) is 0 Å². The van der Waals surface area contributed by atoms with Crippen LogP contribution in [0.25, 0.3) is 0 Å². The number of nitrogens with one attached hydrogen (secondary N) is 3. The molecule has 0 radical (unpaired) electrons. The lowest BCUT2D eigenvalue weighted by Crippen LogP contribution is -2.57. The molecule has 0 aliphatic carbocycles. The van der Waals surface area contributed by atoms with E-state index in [1.165, 1.54) is 6.92 Å². The second-order valence-electron chi connectivity index (χ2n) is 8.93. The van der Waals surface area contributed by atoms with Gasteiger partial charge in [-0.05, 0) is 37.2 Å². The predicted octanol–water partition coefficient (Wildman–Crippen LogP) is 1.21. The first kappa shape index (κ1) is 28.1. The van der Waals surface area contributed by atoms with Crippen molar-refractivity contribution in [3.63, 3.8) is 0 Å². The molecule has 5 unspecified atom stereocenters. The van der Waals surface area contributed by atoms with E-state index in [2.05, 4.69) is 16.0 Å². The van der Waals surface area contributed by atoms with E-state index in [1.54, 1.807) is 6.92 Å². The van der Waals surface area contributed by atoms with Crippen LogP contribution < -0.4 is 21.7 Å². The zero-order valence-corrected chi connectivity index (χ0v) is 20.1. The van der Waals surface area contributed by atoms with Gasteiger partial charge in [-0.1, -0.05) is 64.4 Å². The van der Waals surface area contributed by atoms with Gasteiger partial charge in [0.2, 0.25) is 17.7 Å². The fourth-order valence-electron chi connectivity index (χ4n) is 3.28. The average Bonchev–Trinajstić information content (AvgIpc) is 2.76. The first-order chi connectivity index (χ1) is 15.5. The highest BCUT2D eigenvalue weighted by atomic mass is 16.4. The molecular formula is C24H38N4O5. The van der Waals surface area contributed by atoms with E-state index < -0.39 is 47.9 Å². The fraction of sp³-hybridized carbons (Fsp3) is 0.583. The quantitative estimate of drug-likeness (QED) is 0.297. The minimum absolute atomic E-state index is 0.0947. The maximum atomic E-state index is 12.9. The number of hydrogen-bond donors (Lipinski definition) is 5. The highest BCUT2D eigenvalue weighted by Gasteiger charge is 2.30. The molecule has 1 aromatic rings. The van der Waals surface area contributed by atoms with Crippen LogP contribution in [0.15, 0.2) is 30.3 Å². The third-order valence-electron chi connectivity index (χ3n) is 5.50. The maximum Gasteiger partial charge on any atom is 0.326 e. The van der Waals surface area contributed by atoms with Crippen LogP contribution in [0.4, 0.5) is 0 Å². The number of carboxylic acids is 1. The molecule has 9 heteroatoms. The number of hydrogen-bond acceptors (Lipinski definition) is 5. The topological polar surface area (TPSA) is 151 Å². The van der Waals surface area contributed by atoms with Crippen LogP contribution in [0.5, 0.6) is 0 Å². The van der Waals surface area contributed by atoms with Gasteiger partial charge in [0.1, 0.15) is 18.1 Å². The number of rotatable bonds is 13. The van der Waals surface area contributed by atoms with Crippen molar-refractivity contribution in [1.82, 2.24) is 16.0 Å². The summed E-state index contributed by atoms with van der Waals surface area (Å²) in [6.07, 6.45) is 1.26. The Morgan fingerprint density at radius 2 is 1.52 bits per heavy atom. The van der Waals surface area contributed by atoms with Gasteiger partial charge in [-0.15, -0.1) is 0 Å². The second-order valence-corrected chi connectivity index (χ2v) is 8.93. The lowest BCUT2D eigenvalue weighted by atomic mass is 9.99. The molecule has 9 nitrogen and oxygen atoms in total. The van der Waals surface area contributed by atoms with Crippen LogP contribution in [0, 0.1) is 11.8 Å². The molecule has 6 N–H and O–H groups in total. The maximum absolute atomic E-state index is 12.9. The highest BCUT2D eigenvalue weighted by molar-refractivity contribution is 5.94. The number of carboxylic acid groups (broad SMARTS) is 1. The molecule has 0 aliphatic heterocycles. The Labute approximate surface area is 195 Å². The van der Waals surface area contributed by atoms with Crippen molar-refractivity contribution >= 4 is 23.7 Å². The van der Waals surface area contributed by atoms with Gasteiger partial charge in [-0.2, -0.15) is 0 Å². The molecule has 0 saturated carbocycles. The molecule has 0 saturated heterocycles. The summed E-state index contributed by atoms with van der Waals surface area (Å²) in [5.74, 6) is -2.90. The minimum atomic E-state index is -1.13. The van der Waals surface area contributed by atoms with Gasteiger partial charge < -0.3 is 26.8 Å². The van der Waals surface area contributed by atoms with E-state index >= 15 is 0 Å². The van der Waals surface area contributed by atoms with Crippen LogP contribution in [0.1, 0.15) is 53.0 Å². The largest absolute Gasteiger partial charge is 0.480 e. The Hall–Kier alpha value is -2.94. The molecule has 33 heavy (non-hydrogen) atoms. The minimum Gasteiger partial charge on any atom is -0.480 e. The average molecular weight is 463 g/mol. The van der Waals surface area contributed by atoms with Gasteiger partial charge in [-0.3, -0.25) is 14.4 Å². The van der Waals surface area contributed by atoms with Gasteiger partial charge in [0.25, 0.3) is 0 Å². The van der Waals surface area contributed by atoms with Gasteiger partial charge in [0.15, 0.2) is 0 Å². The Balaban J connectivity index is 2.78. The van der Waals surface area contributed by atoms with E-state index in [-0.39, 0.29) is 11.8 Å². The first-order valence-corrected chi connectivity index (χ1v) is 11.4. The molecule has 3 amide bonds. The normalized spacial score (nSPS) is 15.6. The van der Waals surface area contributed by atoms with Gasteiger partial charge >= 0.3 is 5.97 Å². The highest BCUT2D eigenvalue weighted by Crippen LogP contribution is 2.09. The predicted molar refractivity (Wildman–Crippen MR) is 126 cm³/mol. The summed E-state index contributed by atoms with van der Waals surface area (Å²) in [4.78, 5) is 49.4. The Morgan fingerprint density at radius 1 is 0.909 bits per heavy atom. The summed E-state index contributed by atoms with van der Waals surface area (Å²) in [6.45, 7) is 8.86. The zero-order valence-electron chi connectivity index (χ0n) is 20.1. The molecular weight excluding hydrogens is 424 g/mol. The van der Waals surface area contributed by atoms with Gasteiger partial charge in [-0.25, -0.2) is 4.79 Å². The fourth-order valence-corrected chi connectivity index (χ4v) is 3.28. The Kier molecular flexibility index (Phi) is 11.6. The van der Waals surface area contributed by atoms with E-state index in [1.807, 2.05) is 51.1 Å². The number of carbonyl (C=O) groups is 4. The van der Waals surface area contributed by atoms with E-state index in [0.717, 1.165) is 5.56 Å². The third-order valence-corrected chi connectivity index (χ3v) is 5.50. The van der Waals surface area contributed by atoms with E-state index in [9.17, 15) is 24.3 Å². The summed E-state index contributed by atoms with van der Waals surface area (Å²) in [5.41, 5.74) is 6.95. The summed E-state index contributed by atoms with van der Waals surface area (Å²) < 4.78 is 0. The Bertz CT molecular complexity index is 799. The number of benzene rings is 1. The van der Waals surface area contributed by atoms with Crippen LogP contribution >= 0.6 is 0 Å². The van der Waals surface area contributed by atoms with E-state index in [4.69, 9.17) is 5.73 Å². The van der Waals surface area contributed by atoms with Crippen LogP contribution in [0.2, 0.25) is 0 Å². The van der Waals surface area contributed by atoms with Crippen molar-refractivity contribution in [1.29, 1.82) is 0 Å². The van der Waals surface area contributed by atoms with Gasteiger partial charge in [0, 0.05) is 0 Å². The SMILES string of the molecule is CCC(C)C(NC(=O)C(C)NC(=O)C(CC(C)C)NC(=O)C(N)Cc1ccccc1)C(=O)O. The summed E-state index contributed by atoms with van der Waals surface area (Å²) in [7, 11) is 0. The molecule has 0 spiro atoms. The van der Waals surface area contributed by atoms with Crippen LogP contribution in [-0.4, -0.2) is 53.0 Å². The van der Waals surface area contributed by atoms with Crippen molar-refractivity contribution in [3.05, 3.63) is 35.9 Å². The van der Waals surface area contributed by atoms with Crippen molar-refractivity contribution < 1.29 is 24.3 Å². The monoisotopic (exact) mass is 462 g/mol.